The number of hydrogen-bond acceptors (Lipinski definition) is 4. The molecule has 0 atom stereocenters. The fourth-order valence-corrected chi connectivity index (χ4v) is 3.09. The van der Waals surface area contributed by atoms with Crippen LogP contribution in [0.15, 0.2) is 4.99 Å². The Labute approximate surface area is 172 Å². The number of halogens is 1. The smallest absolute Gasteiger partial charge is 0.191 e. The van der Waals surface area contributed by atoms with E-state index in [9.17, 15) is 0 Å². The highest BCUT2D eigenvalue weighted by molar-refractivity contribution is 14.0. The van der Waals surface area contributed by atoms with Crippen LogP contribution >= 0.6 is 24.0 Å². The van der Waals surface area contributed by atoms with Crippen molar-refractivity contribution in [2.24, 2.45) is 4.99 Å². The predicted molar refractivity (Wildman–Crippen MR) is 118 cm³/mol. The fraction of sp³-hybridized carbons (Fsp3) is 0.944. The lowest BCUT2D eigenvalue weighted by molar-refractivity contribution is 0.0982. The second kappa shape index (κ2) is 14.0. The molecule has 1 rings (SSSR count). The van der Waals surface area contributed by atoms with Crippen LogP contribution < -0.4 is 10.6 Å². The van der Waals surface area contributed by atoms with Crippen molar-refractivity contribution in [2.45, 2.75) is 45.1 Å². The van der Waals surface area contributed by atoms with Gasteiger partial charge in [0.2, 0.25) is 0 Å². The predicted octanol–water partition coefficient (Wildman–Crippen LogP) is 2.00. The number of methoxy groups -OCH3 is 1. The van der Waals surface area contributed by atoms with Crippen LogP contribution in [0.5, 0.6) is 0 Å². The number of aliphatic imine (C=N–C) groups is 1. The van der Waals surface area contributed by atoms with Crippen LogP contribution in [0.4, 0.5) is 0 Å². The third-order valence-corrected chi connectivity index (χ3v) is 4.80. The zero-order valence-electron chi connectivity index (χ0n) is 16.9. The number of likely N-dealkylation sites (N-methyl/N-ethyl adjacent to an activating group) is 1. The number of ether oxygens (including phenoxy) is 1. The molecule has 0 aliphatic carbocycles. The maximum absolute atomic E-state index is 5.09. The van der Waals surface area contributed by atoms with Gasteiger partial charge in [-0.3, -0.25) is 9.89 Å². The van der Waals surface area contributed by atoms with Gasteiger partial charge in [0.1, 0.15) is 0 Å². The van der Waals surface area contributed by atoms with E-state index in [1.807, 2.05) is 7.05 Å². The van der Waals surface area contributed by atoms with E-state index in [-0.39, 0.29) is 29.5 Å². The molecule has 0 aromatic carbocycles. The van der Waals surface area contributed by atoms with Crippen molar-refractivity contribution in [3.05, 3.63) is 0 Å². The summed E-state index contributed by atoms with van der Waals surface area (Å²) in [6.07, 6.45) is 5.10. The Balaban J connectivity index is 0.00000576. The number of piperidine rings is 1. The van der Waals surface area contributed by atoms with E-state index in [0.717, 1.165) is 45.2 Å². The molecule has 0 saturated carbocycles. The summed E-state index contributed by atoms with van der Waals surface area (Å²) in [7, 11) is 5.74. The first-order valence-electron chi connectivity index (χ1n) is 9.36. The Morgan fingerprint density at radius 2 is 1.84 bits per heavy atom. The molecule has 1 heterocycles. The van der Waals surface area contributed by atoms with Gasteiger partial charge in [-0.1, -0.05) is 6.42 Å². The minimum Gasteiger partial charge on any atom is -0.385 e. The molecule has 2 N–H and O–H groups in total. The topological polar surface area (TPSA) is 52.1 Å². The van der Waals surface area contributed by atoms with E-state index in [1.165, 1.54) is 32.4 Å². The highest BCUT2D eigenvalue weighted by atomic mass is 127. The molecule has 0 bridgehead atoms. The molecule has 6 nitrogen and oxygen atoms in total. The van der Waals surface area contributed by atoms with Gasteiger partial charge in [-0.15, -0.1) is 24.0 Å². The number of rotatable bonds is 10. The highest BCUT2D eigenvalue weighted by Crippen LogP contribution is 2.19. The van der Waals surface area contributed by atoms with Crippen LogP contribution in [-0.4, -0.2) is 88.4 Å². The normalized spacial score (nSPS) is 16.6. The Hall–Kier alpha value is -0.120. The quantitative estimate of drug-likeness (QED) is 0.222. The largest absolute Gasteiger partial charge is 0.385 e. The Morgan fingerprint density at radius 3 is 2.44 bits per heavy atom. The van der Waals surface area contributed by atoms with E-state index in [2.05, 4.69) is 46.3 Å². The third-order valence-electron chi connectivity index (χ3n) is 4.80. The summed E-state index contributed by atoms with van der Waals surface area (Å²) in [5.41, 5.74) is 0.162. The van der Waals surface area contributed by atoms with E-state index < -0.39 is 0 Å². The summed E-state index contributed by atoms with van der Waals surface area (Å²) < 4.78 is 5.09. The lowest BCUT2D eigenvalue weighted by Crippen LogP contribution is -2.55. The van der Waals surface area contributed by atoms with Crippen LogP contribution in [0.25, 0.3) is 0 Å². The van der Waals surface area contributed by atoms with Gasteiger partial charge in [-0.05, 0) is 53.2 Å². The molecular formula is C18H40IN5O. The summed E-state index contributed by atoms with van der Waals surface area (Å²) in [6, 6.07) is 0. The lowest BCUT2D eigenvalue weighted by Gasteiger charge is -2.41. The van der Waals surface area contributed by atoms with Gasteiger partial charge in [-0.25, -0.2) is 0 Å². The second-order valence-electron chi connectivity index (χ2n) is 7.36. The maximum atomic E-state index is 5.09. The zero-order valence-corrected chi connectivity index (χ0v) is 19.3. The first kappa shape index (κ1) is 24.9. The molecule has 150 valence electrons. The molecule has 0 aromatic heterocycles. The van der Waals surface area contributed by atoms with E-state index in [4.69, 9.17) is 4.74 Å². The van der Waals surface area contributed by atoms with Gasteiger partial charge in [0.25, 0.3) is 0 Å². The number of nitrogens with zero attached hydrogens (tertiary/aromatic N) is 3. The van der Waals surface area contributed by atoms with Gasteiger partial charge in [0, 0.05) is 52.5 Å². The molecule has 0 spiro atoms. The number of nitrogens with one attached hydrogen (secondary N) is 2. The molecule has 1 aliphatic heterocycles. The summed E-state index contributed by atoms with van der Waals surface area (Å²) in [4.78, 5) is 9.26. The molecule has 1 aliphatic rings. The molecule has 1 saturated heterocycles. The molecule has 7 heteroatoms. The molecule has 0 radical (unpaired) electrons. The van der Waals surface area contributed by atoms with Crippen molar-refractivity contribution < 1.29 is 4.74 Å². The molecular weight excluding hydrogens is 429 g/mol. The number of likely N-dealkylation sites (tertiary alicyclic amines) is 1. The van der Waals surface area contributed by atoms with E-state index >= 15 is 0 Å². The second-order valence-corrected chi connectivity index (χ2v) is 7.36. The molecule has 1 fully saturated rings. The minimum absolute atomic E-state index is 0. The van der Waals surface area contributed by atoms with E-state index in [0.29, 0.717) is 0 Å². The third kappa shape index (κ3) is 10.6. The fourth-order valence-electron chi connectivity index (χ4n) is 3.09. The molecule has 0 unspecified atom stereocenters. The SMILES string of the molecule is CN=C(NCCN(C)CCCOC)NCC(C)(C)N1CCCCC1.I. The van der Waals surface area contributed by atoms with Crippen molar-refractivity contribution in [2.75, 3.05) is 67.1 Å². The van der Waals surface area contributed by atoms with Gasteiger partial charge in [0.05, 0.1) is 0 Å². The van der Waals surface area contributed by atoms with Gasteiger partial charge in [0.15, 0.2) is 5.96 Å². The summed E-state index contributed by atoms with van der Waals surface area (Å²) in [5, 5.41) is 6.91. The molecule has 0 aromatic rings. The Morgan fingerprint density at radius 1 is 1.16 bits per heavy atom. The van der Waals surface area contributed by atoms with Crippen molar-refractivity contribution >= 4 is 29.9 Å². The first-order chi connectivity index (χ1) is 11.5. The Bertz CT molecular complexity index is 359. The van der Waals surface area contributed by atoms with Crippen LogP contribution in [0.2, 0.25) is 0 Å². The summed E-state index contributed by atoms with van der Waals surface area (Å²) >= 11 is 0. The first-order valence-corrected chi connectivity index (χ1v) is 9.36. The van der Waals surface area contributed by atoms with Crippen LogP contribution in [0, 0.1) is 0 Å². The average Bonchev–Trinajstić information content (AvgIpc) is 2.59. The van der Waals surface area contributed by atoms with Crippen molar-refractivity contribution in [1.82, 2.24) is 20.4 Å². The summed E-state index contributed by atoms with van der Waals surface area (Å²) in [6.45, 7) is 11.8. The van der Waals surface area contributed by atoms with Crippen molar-refractivity contribution in [3.63, 3.8) is 0 Å². The minimum atomic E-state index is 0. The molecule has 0 amide bonds. The summed E-state index contributed by atoms with van der Waals surface area (Å²) in [5.74, 6) is 0.894. The highest BCUT2D eigenvalue weighted by Gasteiger charge is 2.27. The molecule has 25 heavy (non-hydrogen) atoms. The van der Waals surface area contributed by atoms with Crippen molar-refractivity contribution in [1.29, 1.82) is 0 Å². The van der Waals surface area contributed by atoms with E-state index in [1.54, 1.807) is 7.11 Å². The zero-order chi connectivity index (χ0) is 17.8. The standard InChI is InChI=1S/C18H39N5O.HI/c1-18(2,23-12-7-6-8-13-23)16-21-17(19-3)20-10-14-22(4)11-9-15-24-5;/h6-16H2,1-5H3,(H2,19,20,21);1H. The van der Waals surface area contributed by atoms with Gasteiger partial charge < -0.3 is 20.3 Å². The van der Waals surface area contributed by atoms with Gasteiger partial charge >= 0.3 is 0 Å². The Kier molecular flexibility index (Phi) is 13.9. The number of hydrogen-bond donors (Lipinski definition) is 2. The van der Waals surface area contributed by atoms with Gasteiger partial charge in [-0.2, -0.15) is 0 Å². The maximum Gasteiger partial charge on any atom is 0.191 e. The monoisotopic (exact) mass is 469 g/mol. The lowest BCUT2D eigenvalue weighted by atomic mass is 9.98. The van der Waals surface area contributed by atoms with Crippen molar-refractivity contribution in [3.8, 4) is 0 Å². The van der Waals surface area contributed by atoms with Crippen LogP contribution in [0.3, 0.4) is 0 Å². The average molecular weight is 469 g/mol. The van der Waals surface area contributed by atoms with Crippen LogP contribution in [0.1, 0.15) is 39.5 Å². The van der Waals surface area contributed by atoms with Crippen LogP contribution in [-0.2, 0) is 4.74 Å². The number of guanidine groups is 1.